The van der Waals surface area contributed by atoms with Crippen LogP contribution in [0.5, 0.6) is 0 Å². The van der Waals surface area contributed by atoms with Gasteiger partial charge in [-0.05, 0) is 32.3 Å². The summed E-state index contributed by atoms with van der Waals surface area (Å²) in [5, 5.41) is 0. The maximum absolute atomic E-state index is 12.5. The first-order valence-electron chi connectivity index (χ1n) is 7.23. The lowest BCUT2D eigenvalue weighted by atomic mass is 9.90. The molecule has 0 N–H and O–H groups in total. The average molecular weight is 291 g/mol. The zero-order valence-electron chi connectivity index (χ0n) is 12.1. The summed E-state index contributed by atoms with van der Waals surface area (Å²) < 4.78 is 12.0. The zero-order valence-corrected chi connectivity index (χ0v) is 12.1. The van der Waals surface area contributed by atoms with E-state index in [4.69, 9.17) is 9.47 Å². The fraction of sp³-hybridized carbons (Fsp3) is 0.533. The smallest absolute Gasteiger partial charge is 0.355 e. The summed E-state index contributed by atoms with van der Waals surface area (Å²) in [4.78, 5) is 36.9. The highest BCUT2D eigenvalue weighted by Gasteiger charge is 2.53. The number of hydrogen-bond acceptors (Lipinski definition) is 5. The average Bonchev–Trinajstić information content (AvgIpc) is 3.03. The van der Waals surface area contributed by atoms with Gasteiger partial charge in [0, 0.05) is 17.8 Å². The molecule has 6 heteroatoms. The minimum atomic E-state index is -1.47. The molecule has 0 fully saturated rings. The highest BCUT2D eigenvalue weighted by atomic mass is 16.6. The number of carbonyl (C=O) groups is 2. The van der Waals surface area contributed by atoms with Gasteiger partial charge in [-0.3, -0.25) is 4.79 Å². The molecule has 3 heterocycles. The molecule has 0 saturated heterocycles. The fourth-order valence-electron chi connectivity index (χ4n) is 3.15. The first kappa shape index (κ1) is 13.9. The molecule has 112 valence electrons. The predicted octanol–water partition coefficient (Wildman–Crippen LogP) is 1.13. The summed E-state index contributed by atoms with van der Waals surface area (Å²) in [5.41, 5.74) is -0.634. The Kier molecular flexibility index (Phi) is 3.11. The highest BCUT2D eigenvalue weighted by Crippen LogP contribution is 2.40. The molecule has 1 aromatic rings. The van der Waals surface area contributed by atoms with Crippen molar-refractivity contribution in [3.8, 4) is 0 Å². The topological polar surface area (TPSA) is 74.6 Å². The van der Waals surface area contributed by atoms with Gasteiger partial charge in [-0.2, -0.15) is 0 Å². The number of esters is 2. The molecule has 2 aliphatic heterocycles. The molecule has 1 aromatic heterocycles. The van der Waals surface area contributed by atoms with Crippen molar-refractivity contribution in [2.75, 3.05) is 6.61 Å². The van der Waals surface area contributed by atoms with E-state index < -0.39 is 17.5 Å². The van der Waals surface area contributed by atoms with Crippen LogP contribution in [-0.2, 0) is 32.8 Å². The van der Waals surface area contributed by atoms with Crippen LogP contribution >= 0.6 is 0 Å². The number of aromatic nitrogens is 1. The van der Waals surface area contributed by atoms with Crippen LogP contribution in [0.25, 0.3) is 0 Å². The number of carbonyl (C=O) groups excluding carboxylic acids is 2. The van der Waals surface area contributed by atoms with E-state index in [9.17, 15) is 14.4 Å². The van der Waals surface area contributed by atoms with Crippen LogP contribution in [0, 0.1) is 0 Å². The number of ether oxygens (including phenoxy) is 2. The first-order valence-corrected chi connectivity index (χ1v) is 7.23. The SMILES string of the molecule is CCOC(=O)C1(CC)OC(=O)c2c1cc1n(c2=O)CCC1. The van der Waals surface area contributed by atoms with Crippen molar-refractivity contribution in [2.24, 2.45) is 0 Å². The van der Waals surface area contributed by atoms with Crippen LogP contribution in [0.2, 0.25) is 0 Å². The van der Waals surface area contributed by atoms with E-state index in [1.807, 2.05) is 0 Å². The summed E-state index contributed by atoms with van der Waals surface area (Å²) in [6.45, 7) is 4.23. The minimum Gasteiger partial charge on any atom is -0.463 e. The summed E-state index contributed by atoms with van der Waals surface area (Å²) in [6, 6.07) is 1.76. The number of hydrogen-bond donors (Lipinski definition) is 0. The standard InChI is InChI=1S/C15H17NO5/c1-3-15(14(19)20-4-2)10-8-9-6-5-7-16(9)12(17)11(10)13(18)21-15/h8H,3-7H2,1-2H3. The summed E-state index contributed by atoms with van der Waals surface area (Å²) in [5.74, 6) is -1.34. The molecule has 0 radical (unpaired) electrons. The third-order valence-electron chi connectivity index (χ3n) is 4.21. The normalized spacial score (nSPS) is 22.7. The van der Waals surface area contributed by atoms with Gasteiger partial charge in [0.1, 0.15) is 5.56 Å². The van der Waals surface area contributed by atoms with E-state index in [2.05, 4.69) is 0 Å². The summed E-state index contributed by atoms with van der Waals surface area (Å²) in [7, 11) is 0. The number of cyclic esters (lactones) is 1. The molecule has 21 heavy (non-hydrogen) atoms. The summed E-state index contributed by atoms with van der Waals surface area (Å²) in [6.07, 6.45) is 1.87. The Morgan fingerprint density at radius 2 is 2.19 bits per heavy atom. The largest absolute Gasteiger partial charge is 0.463 e. The second-order valence-corrected chi connectivity index (χ2v) is 5.28. The van der Waals surface area contributed by atoms with Crippen molar-refractivity contribution in [3.05, 3.63) is 33.2 Å². The summed E-state index contributed by atoms with van der Waals surface area (Å²) >= 11 is 0. The molecule has 6 nitrogen and oxygen atoms in total. The Hall–Kier alpha value is -2.11. The van der Waals surface area contributed by atoms with Crippen LogP contribution in [-0.4, -0.2) is 23.1 Å². The quantitative estimate of drug-likeness (QED) is 0.780. The Morgan fingerprint density at radius 3 is 2.86 bits per heavy atom. The molecule has 3 rings (SSSR count). The van der Waals surface area contributed by atoms with E-state index in [0.29, 0.717) is 12.1 Å². The van der Waals surface area contributed by atoms with Gasteiger partial charge in [-0.25, -0.2) is 9.59 Å². The van der Waals surface area contributed by atoms with Crippen LogP contribution < -0.4 is 5.56 Å². The third-order valence-corrected chi connectivity index (χ3v) is 4.21. The van der Waals surface area contributed by atoms with Crippen LogP contribution in [0.3, 0.4) is 0 Å². The van der Waals surface area contributed by atoms with Gasteiger partial charge in [0.2, 0.25) is 5.60 Å². The molecule has 0 aromatic carbocycles. The molecule has 1 atom stereocenters. The Morgan fingerprint density at radius 1 is 1.43 bits per heavy atom. The maximum Gasteiger partial charge on any atom is 0.355 e. The van der Waals surface area contributed by atoms with Gasteiger partial charge in [0.05, 0.1) is 6.61 Å². The number of aryl methyl sites for hydroxylation is 1. The molecule has 0 bridgehead atoms. The molecular weight excluding hydrogens is 274 g/mol. The second-order valence-electron chi connectivity index (χ2n) is 5.28. The van der Waals surface area contributed by atoms with Crippen LogP contribution in [0.15, 0.2) is 10.9 Å². The molecule has 0 aliphatic carbocycles. The van der Waals surface area contributed by atoms with Crippen LogP contribution in [0.1, 0.15) is 48.3 Å². The monoisotopic (exact) mass is 291 g/mol. The lowest BCUT2D eigenvalue weighted by molar-refractivity contribution is -0.165. The lowest BCUT2D eigenvalue weighted by Gasteiger charge is -2.25. The number of rotatable bonds is 3. The number of nitrogens with zero attached hydrogens (tertiary/aromatic N) is 1. The highest BCUT2D eigenvalue weighted by molar-refractivity contribution is 6.00. The molecular formula is C15H17NO5. The van der Waals surface area contributed by atoms with Gasteiger partial charge < -0.3 is 14.0 Å². The van der Waals surface area contributed by atoms with E-state index in [1.54, 1.807) is 24.5 Å². The second kappa shape index (κ2) is 4.72. The van der Waals surface area contributed by atoms with E-state index in [0.717, 1.165) is 18.5 Å². The Bertz CT molecular complexity index is 690. The van der Waals surface area contributed by atoms with Gasteiger partial charge in [-0.15, -0.1) is 0 Å². The van der Waals surface area contributed by atoms with Crippen molar-refractivity contribution in [2.45, 2.75) is 45.3 Å². The van der Waals surface area contributed by atoms with Crippen molar-refractivity contribution in [3.63, 3.8) is 0 Å². The Balaban J connectivity index is 2.24. The van der Waals surface area contributed by atoms with Crippen molar-refractivity contribution in [1.29, 1.82) is 0 Å². The molecule has 0 spiro atoms. The van der Waals surface area contributed by atoms with Crippen molar-refractivity contribution in [1.82, 2.24) is 4.57 Å². The fourth-order valence-corrected chi connectivity index (χ4v) is 3.15. The van der Waals surface area contributed by atoms with E-state index >= 15 is 0 Å². The molecule has 0 amide bonds. The molecule has 1 unspecified atom stereocenters. The predicted molar refractivity (Wildman–Crippen MR) is 73.0 cm³/mol. The van der Waals surface area contributed by atoms with Crippen molar-refractivity contribution >= 4 is 11.9 Å². The van der Waals surface area contributed by atoms with E-state index in [-0.39, 0.29) is 24.2 Å². The van der Waals surface area contributed by atoms with Crippen molar-refractivity contribution < 1.29 is 19.1 Å². The van der Waals surface area contributed by atoms with Crippen LogP contribution in [0.4, 0.5) is 0 Å². The minimum absolute atomic E-state index is 0.0180. The van der Waals surface area contributed by atoms with E-state index in [1.165, 1.54) is 0 Å². The molecule has 2 aliphatic rings. The van der Waals surface area contributed by atoms with Gasteiger partial charge in [-0.1, -0.05) is 6.92 Å². The van der Waals surface area contributed by atoms with Gasteiger partial charge in [0.15, 0.2) is 0 Å². The van der Waals surface area contributed by atoms with Gasteiger partial charge >= 0.3 is 11.9 Å². The van der Waals surface area contributed by atoms with Gasteiger partial charge in [0.25, 0.3) is 5.56 Å². The lowest BCUT2D eigenvalue weighted by Crippen LogP contribution is -2.37. The maximum atomic E-state index is 12.5. The third kappa shape index (κ3) is 1.74. The number of fused-ring (bicyclic) bond motifs is 2. The first-order chi connectivity index (χ1) is 10.0. The Labute approximate surface area is 121 Å². The zero-order chi connectivity index (χ0) is 15.2. The number of pyridine rings is 1. The molecule has 0 saturated carbocycles.